The predicted molar refractivity (Wildman–Crippen MR) is 83.7 cm³/mol. The minimum Gasteiger partial charge on any atom is -0.396 e. The molecule has 1 fully saturated rings. The van der Waals surface area contributed by atoms with Gasteiger partial charge in [0.1, 0.15) is 0 Å². The summed E-state index contributed by atoms with van der Waals surface area (Å²) in [6, 6.07) is 7.19. The Hall–Kier alpha value is -0.910. The Labute approximate surface area is 127 Å². The highest BCUT2D eigenvalue weighted by atomic mass is 32.2. The summed E-state index contributed by atoms with van der Waals surface area (Å²) in [6.45, 7) is 0.157. The second kappa shape index (κ2) is 7.38. The molecule has 5 heteroatoms. The summed E-state index contributed by atoms with van der Waals surface area (Å²) in [4.78, 5) is 0.364. The lowest BCUT2D eigenvalue weighted by atomic mass is 9.96. The summed E-state index contributed by atoms with van der Waals surface area (Å²) in [5.41, 5.74) is 1.06. The zero-order chi connectivity index (χ0) is 15.3. The summed E-state index contributed by atoms with van der Waals surface area (Å²) in [6.07, 6.45) is 6.84. The fraction of sp³-hybridized carbons (Fsp3) is 0.625. The molecule has 21 heavy (non-hydrogen) atoms. The van der Waals surface area contributed by atoms with Crippen LogP contribution < -0.4 is 0 Å². The van der Waals surface area contributed by atoms with Gasteiger partial charge >= 0.3 is 0 Å². The van der Waals surface area contributed by atoms with Crippen LogP contribution in [0.1, 0.15) is 44.1 Å². The minimum atomic E-state index is -3.39. The van der Waals surface area contributed by atoms with Crippen molar-refractivity contribution in [3.63, 3.8) is 0 Å². The van der Waals surface area contributed by atoms with E-state index in [1.54, 1.807) is 23.5 Å². The molecule has 0 spiro atoms. The van der Waals surface area contributed by atoms with Crippen molar-refractivity contribution in [2.24, 2.45) is 0 Å². The van der Waals surface area contributed by atoms with Crippen LogP contribution in [0, 0.1) is 0 Å². The number of aliphatic hydroxyl groups excluding tert-OH is 1. The summed E-state index contributed by atoms with van der Waals surface area (Å²) in [5.74, 6) is 0. The standard InChI is InChI=1S/C16H25NO3S/c1-17(15-7-3-2-4-8-15)21(19,20)16-11-9-14(10-12-16)6-5-13-18/h9-12,15,18H,2-8,13H2,1H3. The fourth-order valence-corrected chi connectivity index (χ4v) is 4.33. The zero-order valence-electron chi connectivity index (χ0n) is 12.7. The molecule has 0 saturated heterocycles. The summed E-state index contributed by atoms with van der Waals surface area (Å²) >= 11 is 0. The van der Waals surface area contributed by atoms with Gasteiger partial charge in [0.2, 0.25) is 10.0 Å². The minimum absolute atomic E-state index is 0.137. The summed E-state index contributed by atoms with van der Waals surface area (Å²) in [7, 11) is -1.69. The Kier molecular flexibility index (Phi) is 5.79. The van der Waals surface area contributed by atoms with Crippen LogP contribution in [0.2, 0.25) is 0 Å². The van der Waals surface area contributed by atoms with Crippen molar-refractivity contribution in [3.05, 3.63) is 29.8 Å². The molecule has 1 aromatic carbocycles. The molecular weight excluding hydrogens is 286 g/mol. The average Bonchev–Trinajstić information content (AvgIpc) is 2.53. The normalized spacial score (nSPS) is 17.3. The van der Waals surface area contributed by atoms with Crippen molar-refractivity contribution < 1.29 is 13.5 Å². The maximum Gasteiger partial charge on any atom is 0.243 e. The topological polar surface area (TPSA) is 57.6 Å². The van der Waals surface area contributed by atoms with Gasteiger partial charge in [-0.3, -0.25) is 0 Å². The first-order valence-electron chi connectivity index (χ1n) is 7.73. The number of nitrogens with zero attached hydrogens (tertiary/aromatic N) is 1. The van der Waals surface area contributed by atoms with E-state index in [4.69, 9.17) is 5.11 Å². The Bertz CT molecular complexity index is 533. The van der Waals surface area contributed by atoms with E-state index in [2.05, 4.69) is 0 Å². The molecule has 118 valence electrons. The van der Waals surface area contributed by atoms with E-state index < -0.39 is 10.0 Å². The largest absolute Gasteiger partial charge is 0.396 e. The lowest BCUT2D eigenvalue weighted by molar-refractivity contribution is 0.285. The number of aliphatic hydroxyl groups is 1. The Morgan fingerprint density at radius 3 is 2.33 bits per heavy atom. The van der Waals surface area contributed by atoms with Crippen LogP contribution >= 0.6 is 0 Å². The molecule has 2 rings (SSSR count). The number of sulfonamides is 1. The lowest BCUT2D eigenvalue weighted by Gasteiger charge is -2.30. The van der Waals surface area contributed by atoms with Crippen LogP contribution in [0.25, 0.3) is 0 Å². The van der Waals surface area contributed by atoms with Gasteiger partial charge in [-0.1, -0.05) is 31.4 Å². The quantitative estimate of drug-likeness (QED) is 0.878. The maximum absolute atomic E-state index is 12.6. The van der Waals surface area contributed by atoms with E-state index in [-0.39, 0.29) is 12.6 Å². The second-order valence-corrected chi connectivity index (χ2v) is 7.78. The van der Waals surface area contributed by atoms with Crippen molar-refractivity contribution in [3.8, 4) is 0 Å². The molecule has 4 nitrogen and oxygen atoms in total. The number of benzene rings is 1. The van der Waals surface area contributed by atoms with Crippen molar-refractivity contribution in [1.29, 1.82) is 0 Å². The van der Waals surface area contributed by atoms with Crippen LogP contribution in [0.5, 0.6) is 0 Å². The number of hydrogen-bond donors (Lipinski definition) is 1. The monoisotopic (exact) mass is 311 g/mol. The van der Waals surface area contributed by atoms with E-state index >= 15 is 0 Å². The van der Waals surface area contributed by atoms with Gasteiger partial charge in [0.25, 0.3) is 0 Å². The van der Waals surface area contributed by atoms with Crippen LogP contribution in [0.15, 0.2) is 29.2 Å². The highest BCUT2D eigenvalue weighted by Gasteiger charge is 2.28. The Morgan fingerprint density at radius 2 is 1.76 bits per heavy atom. The third-order valence-electron chi connectivity index (χ3n) is 4.31. The van der Waals surface area contributed by atoms with Gasteiger partial charge in [-0.25, -0.2) is 8.42 Å². The van der Waals surface area contributed by atoms with E-state index in [0.29, 0.717) is 11.3 Å². The molecule has 1 N–H and O–H groups in total. The van der Waals surface area contributed by atoms with Crippen molar-refractivity contribution in [1.82, 2.24) is 4.31 Å². The second-order valence-electron chi connectivity index (χ2n) is 5.78. The molecular formula is C16H25NO3S. The smallest absolute Gasteiger partial charge is 0.243 e. The van der Waals surface area contributed by atoms with Gasteiger partial charge in [-0.15, -0.1) is 0 Å². The number of rotatable bonds is 6. The number of aryl methyl sites for hydroxylation is 1. The summed E-state index contributed by atoms with van der Waals surface area (Å²) in [5, 5.41) is 8.83. The van der Waals surface area contributed by atoms with Gasteiger partial charge < -0.3 is 5.11 Å². The molecule has 0 amide bonds. The van der Waals surface area contributed by atoms with Gasteiger partial charge in [0, 0.05) is 19.7 Å². The molecule has 1 saturated carbocycles. The first kappa shape index (κ1) is 16.5. The third kappa shape index (κ3) is 4.05. The molecule has 1 aromatic rings. The average molecular weight is 311 g/mol. The predicted octanol–water partition coefficient (Wildman–Crippen LogP) is 2.56. The first-order valence-corrected chi connectivity index (χ1v) is 9.17. The van der Waals surface area contributed by atoms with E-state index in [1.807, 2.05) is 12.1 Å². The molecule has 0 aliphatic heterocycles. The van der Waals surface area contributed by atoms with E-state index in [0.717, 1.165) is 37.7 Å². The Morgan fingerprint density at radius 1 is 1.14 bits per heavy atom. The van der Waals surface area contributed by atoms with Gasteiger partial charge in [-0.2, -0.15) is 4.31 Å². The summed E-state index contributed by atoms with van der Waals surface area (Å²) < 4.78 is 26.8. The van der Waals surface area contributed by atoms with Gasteiger partial charge in [0.15, 0.2) is 0 Å². The SMILES string of the molecule is CN(C1CCCCC1)S(=O)(=O)c1ccc(CCCO)cc1. The van der Waals surface area contributed by atoms with Crippen molar-refractivity contribution in [2.75, 3.05) is 13.7 Å². The molecule has 0 atom stereocenters. The van der Waals surface area contributed by atoms with Crippen molar-refractivity contribution >= 4 is 10.0 Å². The van der Waals surface area contributed by atoms with Crippen LogP contribution in [-0.2, 0) is 16.4 Å². The molecule has 1 aliphatic carbocycles. The highest BCUT2D eigenvalue weighted by Crippen LogP contribution is 2.26. The maximum atomic E-state index is 12.6. The van der Waals surface area contributed by atoms with Crippen molar-refractivity contribution in [2.45, 2.75) is 55.9 Å². The highest BCUT2D eigenvalue weighted by molar-refractivity contribution is 7.89. The third-order valence-corrected chi connectivity index (χ3v) is 6.24. The van der Waals surface area contributed by atoms with E-state index in [1.165, 1.54) is 6.42 Å². The first-order chi connectivity index (χ1) is 10.1. The molecule has 0 radical (unpaired) electrons. The van der Waals surface area contributed by atoms with E-state index in [9.17, 15) is 8.42 Å². The molecule has 0 bridgehead atoms. The fourth-order valence-electron chi connectivity index (χ4n) is 2.92. The molecule has 1 aliphatic rings. The van der Waals surface area contributed by atoms with Gasteiger partial charge in [-0.05, 0) is 43.4 Å². The van der Waals surface area contributed by atoms with Crippen LogP contribution in [0.3, 0.4) is 0 Å². The Balaban J connectivity index is 2.10. The molecule has 0 heterocycles. The van der Waals surface area contributed by atoms with Crippen LogP contribution in [0.4, 0.5) is 0 Å². The molecule has 0 unspecified atom stereocenters. The molecule has 0 aromatic heterocycles. The van der Waals surface area contributed by atoms with Gasteiger partial charge in [0.05, 0.1) is 4.90 Å². The van der Waals surface area contributed by atoms with Crippen LogP contribution in [-0.4, -0.2) is 37.5 Å². The zero-order valence-corrected chi connectivity index (χ0v) is 13.5. The number of hydrogen-bond acceptors (Lipinski definition) is 3. The lowest BCUT2D eigenvalue weighted by Crippen LogP contribution is -2.38.